The summed E-state index contributed by atoms with van der Waals surface area (Å²) in [5.41, 5.74) is 4.97. The van der Waals surface area contributed by atoms with Crippen LogP contribution < -0.4 is 4.74 Å². The Bertz CT molecular complexity index is 1040. The third-order valence-corrected chi connectivity index (χ3v) is 5.54. The van der Waals surface area contributed by atoms with E-state index in [0.29, 0.717) is 18.7 Å². The number of aryl methyl sites for hydroxylation is 3. The molecule has 158 valence electrons. The SMILES string of the molecule is Cc1ccccc1Oc1c(CCC(=O)N(C)C(C)C)c(C)nn1-c1ccccc1C. The van der Waals surface area contributed by atoms with Gasteiger partial charge in [-0.3, -0.25) is 4.79 Å². The highest BCUT2D eigenvalue weighted by atomic mass is 16.5. The normalized spacial score (nSPS) is 11.0. The molecule has 0 fully saturated rings. The van der Waals surface area contributed by atoms with E-state index in [2.05, 4.69) is 13.0 Å². The van der Waals surface area contributed by atoms with Crippen LogP contribution in [0.25, 0.3) is 5.69 Å². The van der Waals surface area contributed by atoms with Crippen LogP contribution in [0.15, 0.2) is 48.5 Å². The molecule has 30 heavy (non-hydrogen) atoms. The first-order valence-electron chi connectivity index (χ1n) is 10.4. The lowest BCUT2D eigenvalue weighted by molar-refractivity contribution is -0.131. The fraction of sp³-hybridized carbons (Fsp3) is 0.360. The van der Waals surface area contributed by atoms with Crippen molar-refractivity contribution in [1.29, 1.82) is 0 Å². The van der Waals surface area contributed by atoms with Crippen LogP contribution in [0.3, 0.4) is 0 Å². The highest BCUT2D eigenvalue weighted by molar-refractivity contribution is 5.76. The van der Waals surface area contributed by atoms with Crippen LogP contribution in [0.4, 0.5) is 0 Å². The molecule has 0 aliphatic heterocycles. The lowest BCUT2D eigenvalue weighted by Crippen LogP contribution is -2.33. The number of para-hydroxylation sites is 2. The van der Waals surface area contributed by atoms with Gasteiger partial charge in [0.2, 0.25) is 11.8 Å². The molecule has 0 spiro atoms. The predicted octanol–water partition coefficient (Wildman–Crippen LogP) is 5.39. The summed E-state index contributed by atoms with van der Waals surface area (Å²) in [4.78, 5) is 14.4. The molecule has 0 radical (unpaired) electrons. The van der Waals surface area contributed by atoms with Crippen LogP contribution in [-0.4, -0.2) is 33.7 Å². The molecule has 5 nitrogen and oxygen atoms in total. The Morgan fingerprint density at radius 1 is 1.03 bits per heavy atom. The summed E-state index contributed by atoms with van der Waals surface area (Å²) < 4.78 is 8.28. The summed E-state index contributed by atoms with van der Waals surface area (Å²) >= 11 is 0. The van der Waals surface area contributed by atoms with Crippen molar-refractivity contribution >= 4 is 5.91 Å². The highest BCUT2D eigenvalue weighted by Gasteiger charge is 2.22. The molecule has 0 N–H and O–H groups in total. The lowest BCUT2D eigenvalue weighted by atomic mass is 10.1. The Balaban J connectivity index is 2.02. The van der Waals surface area contributed by atoms with E-state index in [4.69, 9.17) is 9.84 Å². The van der Waals surface area contributed by atoms with Crippen molar-refractivity contribution < 1.29 is 9.53 Å². The molecule has 0 bridgehead atoms. The molecule has 0 aliphatic rings. The van der Waals surface area contributed by atoms with Crippen LogP contribution in [0.5, 0.6) is 11.6 Å². The quantitative estimate of drug-likeness (QED) is 0.529. The van der Waals surface area contributed by atoms with Crippen molar-refractivity contribution in [2.45, 2.75) is 53.5 Å². The lowest BCUT2D eigenvalue weighted by Gasteiger charge is -2.21. The Morgan fingerprint density at radius 3 is 2.30 bits per heavy atom. The molecular formula is C25H31N3O2. The minimum atomic E-state index is 0.120. The Kier molecular flexibility index (Phi) is 6.60. The molecule has 3 aromatic rings. The van der Waals surface area contributed by atoms with Gasteiger partial charge in [-0.25, -0.2) is 0 Å². The maximum Gasteiger partial charge on any atom is 0.226 e. The summed E-state index contributed by atoms with van der Waals surface area (Å²) in [5.74, 6) is 1.59. The molecule has 5 heteroatoms. The predicted molar refractivity (Wildman–Crippen MR) is 121 cm³/mol. The van der Waals surface area contributed by atoms with E-state index in [1.165, 1.54) is 0 Å². The molecule has 0 saturated heterocycles. The minimum absolute atomic E-state index is 0.120. The van der Waals surface area contributed by atoms with Crippen LogP contribution in [0.1, 0.15) is 42.7 Å². The first-order chi connectivity index (χ1) is 14.3. The summed E-state index contributed by atoms with van der Waals surface area (Å²) in [6.45, 7) is 10.1. The average molecular weight is 406 g/mol. The molecule has 3 rings (SSSR count). The van der Waals surface area contributed by atoms with E-state index in [1.54, 1.807) is 4.90 Å². The smallest absolute Gasteiger partial charge is 0.226 e. The zero-order chi connectivity index (χ0) is 21.8. The van der Waals surface area contributed by atoms with Crippen LogP contribution in [-0.2, 0) is 11.2 Å². The number of carbonyl (C=O) groups is 1. The monoisotopic (exact) mass is 405 g/mol. The van der Waals surface area contributed by atoms with Crippen molar-refractivity contribution in [3.63, 3.8) is 0 Å². The van der Waals surface area contributed by atoms with Crippen molar-refractivity contribution in [2.75, 3.05) is 7.05 Å². The number of benzene rings is 2. The van der Waals surface area contributed by atoms with Gasteiger partial charge in [0.15, 0.2) is 0 Å². The van der Waals surface area contributed by atoms with Gasteiger partial charge < -0.3 is 9.64 Å². The van der Waals surface area contributed by atoms with Crippen LogP contribution >= 0.6 is 0 Å². The van der Waals surface area contributed by atoms with E-state index >= 15 is 0 Å². The van der Waals surface area contributed by atoms with Gasteiger partial charge >= 0.3 is 0 Å². The van der Waals surface area contributed by atoms with Gasteiger partial charge in [0.1, 0.15) is 5.75 Å². The first kappa shape index (κ1) is 21.6. The van der Waals surface area contributed by atoms with Crippen LogP contribution in [0.2, 0.25) is 0 Å². The van der Waals surface area contributed by atoms with Gasteiger partial charge in [-0.05, 0) is 64.3 Å². The molecule has 2 aromatic carbocycles. The number of hydrogen-bond acceptors (Lipinski definition) is 3. The van der Waals surface area contributed by atoms with E-state index in [1.807, 2.05) is 81.9 Å². The van der Waals surface area contributed by atoms with Gasteiger partial charge in [0.05, 0.1) is 11.4 Å². The minimum Gasteiger partial charge on any atom is -0.438 e. The number of ether oxygens (including phenoxy) is 1. The maximum absolute atomic E-state index is 12.6. The summed E-state index contributed by atoms with van der Waals surface area (Å²) in [6.07, 6.45) is 0.994. The molecule has 0 saturated carbocycles. The second-order valence-electron chi connectivity index (χ2n) is 8.03. The fourth-order valence-corrected chi connectivity index (χ4v) is 3.37. The molecular weight excluding hydrogens is 374 g/mol. The number of carbonyl (C=O) groups excluding carboxylic acids is 1. The van der Waals surface area contributed by atoms with Gasteiger partial charge in [-0.1, -0.05) is 36.4 Å². The molecule has 1 heterocycles. The number of aromatic nitrogens is 2. The topological polar surface area (TPSA) is 47.4 Å². The highest BCUT2D eigenvalue weighted by Crippen LogP contribution is 2.33. The largest absolute Gasteiger partial charge is 0.438 e. The second kappa shape index (κ2) is 9.16. The zero-order valence-corrected chi connectivity index (χ0v) is 18.8. The van der Waals surface area contributed by atoms with Crippen molar-refractivity contribution in [3.8, 4) is 17.3 Å². The number of rotatable bonds is 7. The van der Waals surface area contributed by atoms with E-state index in [-0.39, 0.29) is 11.9 Å². The van der Waals surface area contributed by atoms with Crippen molar-refractivity contribution in [3.05, 3.63) is 70.9 Å². The summed E-state index contributed by atoms with van der Waals surface area (Å²) in [7, 11) is 1.85. The van der Waals surface area contributed by atoms with E-state index < -0.39 is 0 Å². The summed E-state index contributed by atoms with van der Waals surface area (Å²) in [5, 5.41) is 4.79. The average Bonchev–Trinajstić information content (AvgIpc) is 3.02. The van der Waals surface area contributed by atoms with E-state index in [9.17, 15) is 4.79 Å². The second-order valence-corrected chi connectivity index (χ2v) is 8.03. The third-order valence-electron chi connectivity index (χ3n) is 5.54. The van der Waals surface area contributed by atoms with Gasteiger partial charge in [-0.2, -0.15) is 9.78 Å². The number of hydrogen-bond donors (Lipinski definition) is 0. The molecule has 0 aliphatic carbocycles. The Morgan fingerprint density at radius 2 is 1.67 bits per heavy atom. The van der Waals surface area contributed by atoms with Gasteiger partial charge in [0, 0.05) is 25.1 Å². The standard InChI is InChI=1S/C25H31N3O2/c1-17(2)27(6)24(29)16-15-21-20(5)26-28(22-13-9-7-11-18(22)3)25(21)30-23-14-10-8-12-19(23)4/h7-14,17H,15-16H2,1-6H3. The Hall–Kier alpha value is -3.08. The third kappa shape index (κ3) is 4.56. The molecule has 1 aromatic heterocycles. The molecule has 0 atom stereocenters. The molecule has 1 amide bonds. The van der Waals surface area contributed by atoms with Crippen LogP contribution in [0, 0.1) is 20.8 Å². The number of amides is 1. The number of nitrogens with zero attached hydrogens (tertiary/aromatic N) is 3. The van der Waals surface area contributed by atoms with Gasteiger partial charge in [-0.15, -0.1) is 0 Å². The Labute approximate surface area is 179 Å². The summed E-state index contributed by atoms with van der Waals surface area (Å²) in [6, 6.07) is 16.2. The zero-order valence-electron chi connectivity index (χ0n) is 18.8. The van der Waals surface area contributed by atoms with E-state index in [0.717, 1.165) is 33.8 Å². The van der Waals surface area contributed by atoms with Crippen molar-refractivity contribution in [2.24, 2.45) is 0 Å². The van der Waals surface area contributed by atoms with Gasteiger partial charge in [0.25, 0.3) is 0 Å². The van der Waals surface area contributed by atoms with Crippen molar-refractivity contribution in [1.82, 2.24) is 14.7 Å². The molecule has 0 unspecified atom stereocenters. The fourth-order valence-electron chi connectivity index (χ4n) is 3.37. The maximum atomic E-state index is 12.6. The first-order valence-corrected chi connectivity index (χ1v) is 10.4.